The number of halogens is 1. The summed E-state index contributed by atoms with van der Waals surface area (Å²) in [5, 5.41) is 3.86. The standard InChI is InChI=1S/C17H14FN5O3/c18-12-4-2-11(3-5-12)17(24)23-8-9-25-13(10-23)16-21-15(22-26-16)14-19-6-1-7-20-14/h1-7,13H,8-10H2. The number of aromatic nitrogens is 4. The van der Waals surface area contributed by atoms with Crippen LogP contribution in [0.15, 0.2) is 47.2 Å². The monoisotopic (exact) mass is 355 g/mol. The lowest BCUT2D eigenvalue weighted by molar-refractivity contribution is -0.0367. The van der Waals surface area contributed by atoms with Crippen molar-refractivity contribution < 1.29 is 18.4 Å². The van der Waals surface area contributed by atoms with Gasteiger partial charge in [0.2, 0.25) is 11.6 Å². The molecule has 3 heterocycles. The SMILES string of the molecule is O=C(c1ccc(F)cc1)N1CCOC(c2nc(-c3ncccn3)no2)C1. The van der Waals surface area contributed by atoms with Crippen LogP contribution in [0.5, 0.6) is 0 Å². The summed E-state index contributed by atoms with van der Waals surface area (Å²) in [5.41, 5.74) is 0.413. The third kappa shape index (κ3) is 3.29. The third-order valence-corrected chi connectivity index (χ3v) is 3.93. The van der Waals surface area contributed by atoms with E-state index in [2.05, 4.69) is 20.1 Å². The zero-order valence-electron chi connectivity index (χ0n) is 13.6. The predicted octanol–water partition coefficient (Wildman–Crippen LogP) is 1.88. The van der Waals surface area contributed by atoms with Crippen LogP contribution < -0.4 is 0 Å². The fourth-order valence-electron chi connectivity index (χ4n) is 2.63. The topological polar surface area (TPSA) is 94.2 Å². The maximum Gasteiger partial charge on any atom is 0.258 e. The Morgan fingerprint density at radius 3 is 2.69 bits per heavy atom. The number of ether oxygens (including phenoxy) is 1. The fourth-order valence-corrected chi connectivity index (χ4v) is 2.63. The zero-order valence-corrected chi connectivity index (χ0v) is 13.6. The largest absolute Gasteiger partial charge is 0.365 e. The molecule has 0 radical (unpaired) electrons. The van der Waals surface area contributed by atoms with Crippen molar-refractivity contribution in [2.45, 2.75) is 6.10 Å². The molecule has 0 saturated carbocycles. The number of carbonyl (C=O) groups is 1. The van der Waals surface area contributed by atoms with E-state index in [4.69, 9.17) is 9.26 Å². The molecular formula is C17H14FN5O3. The van der Waals surface area contributed by atoms with Crippen LogP contribution in [-0.4, -0.2) is 50.6 Å². The van der Waals surface area contributed by atoms with Gasteiger partial charge in [-0.1, -0.05) is 5.16 Å². The number of benzene rings is 1. The number of nitrogens with zero attached hydrogens (tertiary/aromatic N) is 5. The van der Waals surface area contributed by atoms with Crippen LogP contribution in [0.3, 0.4) is 0 Å². The summed E-state index contributed by atoms with van der Waals surface area (Å²) in [6.07, 6.45) is 2.62. The molecule has 0 aliphatic carbocycles. The highest BCUT2D eigenvalue weighted by atomic mass is 19.1. The van der Waals surface area contributed by atoms with E-state index in [0.717, 1.165) is 0 Å². The molecule has 0 bridgehead atoms. The Morgan fingerprint density at radius 1 is 1.15 bits per heavy atom. The van der Waals surface area contributed by atoms with E-state index in [1.165, 1.54) is 24.3 Å². The van der Waals surface area contributed by atoms with E-state index in [1.54, 1.807) is 23.4 Å². The Bertz CT molecular complexity index is 900. The van der Waals surface area contributed by atoms with Gasteiger partial charge in [-0.25, -0.2) is 14.4 Å². The van der Waals surface area contributed by atoms with Gasteiger partial charge in [-0.2, -0.15) is 4.98 Å². The Kier molecular flexibility index (Phi) is 4.36. The Morgan fingerprint density at radius 2 is 1.92 bits per heavy atom. The maximum absolute atomic E-state index is 13.0. The summed E-state index contributed by atoms with van der Waals surface area (Å²) < 4.78 is 23.9. The Labute approximate surface area is 147 Å². The molecule has 1 amide bonds. The van der Waals surface area contributed by atoms with Crippen molar-refractivity contribution in [1.82, 2.24) is 25.0 Å². The first-order valence-corrected chi connectivity index (χ1v) is 7.98. The first-order valence-electron chi connectivity index (χ1n) is 7.98. The van der Waals surface area contributed by atoms with Crippen molar-refractivity contribution in [1.29, 1.82) is 0 Å². The van der Waals surface area contributed by atoms with Gasteiger partial charge in [0.15, 0.2) is 6.10 Å². The lowest BCUT2D eigenvalue weighted by Crippen LogP contribution is -2.42. The van der Waals surface area contributed by atoms with Crippen LogP contribution in [0.25, 0.3) is 11.6 Å². The van der Waals surface area contributed by atoms with Crippen LogP contribution in [0.2, 0.25) is 0 Å². The number of morpholine rings is 1. The first-order chi connectivity index (χ1) is 12.7. The van der Waals surface area contributed by atoms with Gasteiger partial charge in [-0.05, 0) is 30.3 Å². The van der Waals surface area contributed by atoms with Crippen molar-refractivity contribution >= 4 is 5.91 Å². The molecule has 1 unspecified atom stereocenters. The second-order valence-corrected chi connectivity index (χ2v) is 5.65. The van der Waals surface area contributed by atoms with Gasteiger partial charge >= 0.3 is 0 Å². The van der Waals surface area contributed by atoms with E-state index in [9.17, 15) is 9.18 Å². The van der Waals surface area contributed by atoms with Gasteiger partial charge in [0.1, 0.15) is 5.82 Å². The number of amides is 1. The second-order valence-electron chi connectivity index (χ2n) is 5.65. The van der Waals surface area contributed by atoms with Gasteiger partial charge in [0.25, 0.3) is 11.8 Å². The minimum atomic E-state index is -0.543. The third-order valence-electron chi connectivity index (χ3n) is 3.93. The minimum absolute atomic E-state index is 0.204. The van der Waals surface area contributed by atoms with Crippen molar-refractivity contribution in [2.75, 3.05) is 19.7 Å². The van der Waals surface area contributed by atoms with Gasteiger partial charge in [0.05, 0.1) is 13.2 Å². The number of rotatable bonds is 3. The molecule has 1 fully saturated rings. The molecule has 1 aliphatic rings. The fraction of sp³-hybridized carbons (Fsp3) is 0.235. The lowest BCUT2D eigenvalue weighted by atomic mass is 10.1. The molecule has 3 aromatic rings. The molecule has 26 heavy (non-hydrogen) atoms. The summed E-state index contributed by atoms with van der Waals surface area (Å²) in [5.74, 6) is 0.264. The predicted molar refractivity (Wildman–Crippen MR) is 86.3 cm³/mol. The van der Waals surface area contributed by atoms with Gasteiger partial charge < -0.3 is 14.2 Å². The Hall–Kier alpha value is -3.20. The number of hydrogen-bond donors (Lipinski definition) is 0. The molecule has 1 atom stereocenters. The lowest BCUT2D eigenvalue weighted by Gasteiger charge is -2.31. The number of carbonyl (C=O) groups excluding carboxylic acids is 1. The number of hydrogen-bond acceptors (Lipinski definition) is 7. The molecule has 0 N–H and O–H groups in total. The molecule has 1 aromatic carbocycles. The molecule has 8 nitrogen and oxygen atoms in total. The summed E-state index contributed by atoms with van der Waals surface area (Å²) in [6, 6.07) is 7.12. The van der Waals surface area contributed by atoms with Crippen molar-refractivity contribution in [3.63, 3.8) is 0 Å². The molecule has 1 aliphatic heterocycles. The molecule has 1 saturated heterocycles. The van der Waals surface area contributed by atoms with E-state index < -0.39 is 6.10 Å². The molecular weight excluding hydrogens is 341 g/mol. The van der Waals surface area contributed by atoms with E-state index in [-0.39, 0.29) is 30.0 Å². The van der Waals surface area contributed by atoms with E-state index in [0.29, 0.717) is 24.5 Å². The smallest absolute Gasteiger partial charge is 0.258 e. The van der Waals surface area contributed by atoms with Gasteiger partial charge in [-0.3, -0.25) is 4.79 Å². The van der Waals surface area contributed by atoms with Crippen LogP contribution in [0.4, 0.5) is 4.39 Å². The van der Waals surface area contributed by atoms with Crippen LogP contribution in [0, 0.1) is 5.82 Å². The first kappa shape index (κ1) is 16.3. The highest BCUT2D eigenvalue weighted by molar-refractivity contribution is 5.94. The van der Waals surface area contributed by atoms with E-state index >= 15 is 0 Å². The molecule has 0 spiro atoms. The summed E-state index contributed by atoms with van der Waals surface area (Å²) in [7, 11) is 0. The molecule has 9 heteroatoms. The minimum Gasteiger partial charge on any atom is -0.365 e. The highest BCUT2D eigenvalue weighted by Crippen LogP contribution is 2.23. The van der Waals surface area contributed by atoms with Crippen molar-refractivity contribution in [3.05, 3.63) is 60.0 Å². The van der Waals surface area contributed by atoms with Crippen molar-refractivity contribution in [3.8, 4) is 11.6 Å². The van der Waals surface area contributed by atoms with Gasteiger partial charge in [-0.15, -0.1) is 0 Å². The highest BCUT2D eigenvalue weighted by Gasteiger charge is 2.30. The van der Waals surface area contributed by atoms with E-state index in [1.807, 2.05) is 0 Å². The summed E-state index contributed by atoms with van der Waals surface area (Å²) in [6.45, 7) is 1.01. The maximum atomic E-state index is 13.0. The molecule has 2 aromatic heterocycles. The molecule has 132 valence electrons. The van der Waals surface area contributed by atoms with Gasteiger partial charge in [0, 0.05) is 24.5 Å². The van der Waals surface area contributed by atoms with Crippen LogP contribution >= 0.6 is 0 Å². The van der Waals surface area contributed by atoms with Crippen LogP contribution in [-0.2, 0) is 4.74 Å². The molecule has 4 rings (SSSR count). The summed E-state index contributed by atoms with van der Waals surface area (Å²) >= 11 is 0. The van der Waals surface area contributed by atoms with Crippen molar-refractivity contribution in [2.24, 2.45) is 0 Å². The average Bonchev–Trinajstić information content (AvgIpc) is 3.19. The average molecular weight is 355 g/mol. The Balaban J connectivity index is 1.49. The second kappa shape index (κ2) is 6.96. The quantitative estimate of drug-likeness (QED) is 0.708. The normalized spacial score (nSPS) is 17.3. The van der Waals surface area contributed by atoms with Crippen LogP contribution in [0.1, 0.15) is 22.4 Å². The summed E-state index contributed by atoms with van der Waals surface area (Å²) in [4.78, 5) is 26.6. The zero-order chi connectivity index (χ0) is 17.9.